The van der Waals surface area contributed by atoms with E-state index in [1.807, 2.05) is 6.92 Å². The summed E-state index contributed by atoms with van der Waals surface area (Å²) in [7, 11) is 0. The number of rotatable bonds is 7. The van der Waals surface area contributed by atoms with Gasteiger partial charge in [0.15, 0.2) is 0 Å². The van der Waals surface area contributed by atoms with Gasteiger partial charge in [-0.15, -0.1) is 0 Å². The number of hydrogen-bond acceptors (Lipinski definition) is 1. The standard InChI is InChI=1S/C20H33N/c1-6-9-10-17(7-2)20(8-3)19-13-11-18(12-14-19)15(4)16(5)21/h7-8,11,16,19H,4,6,9-10,12-14,21H2,1-3,5H3/b17-7+,20-8+. The fraction of sp³-hybridized carbons (Fsp3) is 0.600. The summed E-state index contributed by atoms with van der Waals surface area (Å²) >= 11 is 0. The Labute approximate surface area is 131 Å². The van der Waals surface area contributed by atoms with Gasteiger partial charge in [0.2, 0.25) is 0 Å². The minimum absolute atomic E-state index is 0.0737. The van der Waals surface area contributed by atoms with Gasteiger partial charge in [-0.2, -0.15) is 0 Å². The molecule has 0 aromatic carbocycles. The lowest BCUT2D eigenvalue weighted by atomic mass is 9.78. The third kappa shape index (κ3) is 5.00. The van der Waals surface area contributed by atoms with Crippen molar-refractivity contribution in [3.05, 3.63) is 47.1 Å². The monoisotopic (exact) mass is 287 g/mol. The van der Waals surface area contributed by atoms with Crippen LogP contribution in [0.2, 0.25) is 0 Å². The molecule has 21 heavy (non-hydrogen) atoms. The molecule has 0 radical (unpaired) electrons. The highest BCUT2D eigenvalue weighted by atomic mass is 14.6. The van der Waals surface area contributed by atoms with Crippen LogP contribution in [0.25, 0.3) is 0 Å². The smallest absolute Gasteiger partial charge is 0.0262 e. The number of nitrogens with two attached hydrogens (primary N) is 1. The van der Waals surface area contributed by atoms with Gasteiger partial charge >= 0.3 is 0 Å². The minimum atomic E-state index is 0.0737. The van der Waals surface area contributed by atoms with Gasteiger partial charge in [-0.25, -0.2) is 0 Å². The van der Waals surface area contributed by atoms with Crippen molar-refractivity contribution in [3.63, 3.8) is 0 Å². The van der Waals surface area contributed by atoms with Gasteiger partial charge in [0.25, 0.3) is 0 Å². The Morgan fingerprint density at radius 1 is 1.43 bits per heavy atom. The molecule has 0 spiro atoms. The highest BCUT2D eigenvalue weighted by molar-refractivity contribution is 5.38. The van der Waals surface area contributed by atoms with E-state index in [1.54, 1.807) is 11.1 Å². The molecule has 1 heteroatoms. The van der Waals surface area contributed by atoms with E-state index in [-0.39, 0.29) is 6.04 Å². The summed E-state index contributed by atoms with van der Waals surface area (Å²) in [5, 5.41) is 0. The lowest BCUT2D eigenvalue weighted by molar-refractivity contribution is 0.537. The second-order valence-corrected chi connectivity index (χ2v) is 6.18. The summed E-state index contributed by atoms with van der Waals surface area (Å²) in [4.78, 5) is 0. The molecule has 1 aliphatic carbocycles. The van der Waals surface area contributed by atoms with Gasteiger partial charge in [-0.3, -0.25) is 0 Å². The van der Waals surface area contributed by atoms with E-state index in [9.17, 15) is 0 Å². The molecule has 2 unspecified atom stereocenters. The molecule has 0 fully saturated rings. The fourth-order valence-electron chi connectivity index (χ4n) is 3.21. The molecular formula is C20H33N. The van der Waals surface area contributed by atoms with Crippen LogP contribution in [0.1, 0.15) is 66.2 Å². The molecule has 0 aromatic rings. The summed E-state index contributed by atoms with van der Waals surface area (Å²) in [6.07, 6.45) is 14.2. The third-order valence-electron chi connectivity index (χ3n) is 4.64. The zero-order valence-corrected chi connectivity index (χ0v) is 14.4. The van der Waals surface area contributed by atoms with Gasteiger partial charge in [0.1, 0.15) is 0 Å². The second-order valence-electron chi connectivity index (χ2n) is 6.18. The van der Waals surface area contributed by atoms with Crippen LogP contribution in [0, 0.1) is 5.92 Å². The first kappa shape index (κ1) is 18.0. The van der Waals surface area contributed by atoms with Crippen molar-refractivity contribution in [2.24, 2.45) is 11.7 Å². The van der Waals surface area contributed by atoms with Crippen LogP contribution in [-0.2, 0) is 0 Å². The van der Waals surface area contributed by atoms with Crippen LogP contribution >= 0.6 is 0 Å². The highest BCUT2D eigenvalue weighted by Crippen LogP contribution is 2.36. The van der Waals surface area contributed by atoms with Crippen LogP contribution in [0.15, 0.2) is 47.1 Å². The molecule has 0 bridgehead atoms. The van der Waals surface area contributed by atoms with E-state index < -0.39 is 0 Å². The first-order valence-electron chi connectivity index (χ1n) is 8.50. The summed E-state index contributed by atoms with van der Waals surface area (Å²) in [5.41, 5.74) is 11.6. The van der Waals surface area contributed by atoms with Crippen LogP contribution in [0.5, 0.6) is 0 Å². The van der Waals surface area contributed by atoms with Crippen molar-refractivity contribution in [1.29, 1.82) is 0 Å². The van der Waals surface area contributed by atoms with E-state index in [2.05, 4.69) is 45.6 Å². The predicted molar refractivity (Wildman–Crippen MR) is 95.3 cm³/mol. The SMILES string of the molecule is C=C(C1=CCC(C(=C/C)/C(=C/C)CCCC)CC1)C(C)N. The first-order chi connectivity index (χ1) is 10.0. The van der Waals surface area contributed by atoms with E-state index in [0.29, 0.717) is 5.92 Å². The molecule has 0 amide bonds. The zero-order chi connectivity index (χ0) is 15.8. The molecule has 0 saturated heterocycles. The molecule has 0 heterocycles. The maximum Gasteiger partial charge on any atom is 0.0262 e. The number of hydrogen-bond donors (Lipinski definition) is 1. The molecule has 0 aliphatic heterocycles. The average molecular weight is 287 g/mol. The Morgan fingerprint density at radius 2 is 2.14 bits per heavy atom. The Balaban J connectivity index is 2.76. The Morgan fingerprint density at radius 3 is 2.57 bits per heavy atom. The maximum atomic E-state index is 5.95. The molecule has 2 atom stereocenters. The molecular weight excluding hydrogens is 254 g/mol. The Kier molecular flexibility index (Phi) is 7.74. The summed E-state index contributed by atoms with van der Waals surface area (Å²) in [6, 6.07) is 0.0737. The van der Waals surface area contributed by atoms with Gasteiger partial charge < -0.3 is 5.73 Å². The van der Waals surface area contributed by atoms with Crippen LogP contribution in [0.3, 0.4) is 0 Å². The molecule has 118 valence electrons. The summed E-state index contributed by atoms with van der Waals surface area (Å²) in [6.45, 7) is 12.8. The van der Waals surface area contributed by atoms with E-state index >= 15 is 0 Å². The molecule has 0 aromatic heterocycles. The van der Waals surface area contributed by atoms with Gasteiger partial charge in [-0.05, 0) is 81.1 Å². The largest absolute Gasteiger partial charge is 0.324 e. The van der Waals surface area contributed by atoms with Crippen LogP contribution < -0.4 is 5.73 Å². The van der Waals surface area contributed by atoms with Crippen molar-refractivity contribution in [3.8, 4) is 0 Å². The van der Waals surface area contributed by atoms with Crippen molar-refractivity contribution < 1.29 is 0 Å². The summed E-state index contributed by atoms with van der Waals surface area (Å²) < 4.78 is 0. The molecule has 1 aliphatic rings. The van der Waals surface area contributed by atoms with Gasteiger partial charge in [0.05, 0.1) is 0 Å². The number of allylic oxidation sites excluding steroid dienone is 5. The van der Waals surface area contributed by atoms with Crippen molar-refractivity contribution >= 4 is 0 Å². The van der Waals surface area contributed by atoms with E-state index in [1.165, 1.54) is 31.3 Å². The maximum absolute atomic E-state index is 5.95. The minimum Gasteiger partial charge on any atom is -0.324 e. The van der Waals surface area contributed by atoms with Crippen molar-refractivity contribution in [2.45, 2.75) is 72.3 Å². The average Bonchev–Trinajstić information content (AvgIpc) is 2.51. The first-order valence-corrected chi connectivity index (χ1v) is 8.50. The lowest BCUT2D eigenvalue weighted by Crippen LogP contribution is -2.20. The summed E-state index contributed by atoms with van der Waals surface area (Å²) in [5.74, 6) is 0.669. The van der Waals surface area contributed by atoms with Crippen LogP contribution in [-0.4, -0.2) is 6.04 Å². The Hall–Kier alpha value is -1.08. The van der Waals surface area contributed by atoms with Gasteiger partial charge in [0, 0.05) is 6.04 Å². The van der Waals surface area contributed by atoms with Crippen molar-refractivity contribution in [2.75, 3.05) is 0 Å². The predicted octanol–water partition coefficient (Wildman–Crippen LogP) is 5.70. The number of unbranched alkanes of at least 4 members (excludes halogenated alkanes) is 1. The van der Waals surface area contributed by atoms with Crippen molar-refractivity contribution in [1.82, 2.24) is 0 Å². The van der Waals surface area contributed by atoms with Crippen LogP contribution in [0.4, 0.5) is 0 Å². The normalized spacial score (nSPS) is 22.0. The fourth-order valence-corrected chi connectivity index (χ4v) is 3.21. The lowest BCUT2D eigenvalue weighted by Gasteiger charge is -2.27. The topological polar surface area (TPSA) is 26.0 Å². The highest BCUT2D eigenvalue weighted by Gasteiger charge is 2.21. The second kappa shape index (κ2) is 9.04. The van der Waals surface area contributed by atoms with Gasteiger partial charge in [-0.1, -0.05) is 38.2 Å². The quantitative estimate of drug-likeness (QED) is 0.597. The molecule has 0 saturated carbocycles. The third-order valence-corrected chi connectivity index (χ3v) is 4.64. The molecule has 1 nitrogen and oxygen atoms in total. The molecule has 2 N–H and O–H groups in total. The Bertz CT molecular complexity index is 435. The zero-order valence-electron chi connectivity index (χ0n) is 14.4. The van der Waals surface area contributed by atoms with E-state index in [0.717, 1.165) is 18.4 Å². The molecule has 1 rings (SSSR count). The van der Waals surface area contributed by atoms with E-state index in [4.69, 9.17) is 5.73 Å².